The van der Waals surface area contributed by atoms with Crippen molar-refractivity contribution >= 4 is 17.7 Å². The fraction of sp³-hybridized carbons (Fsp3) is 0.588. The number of hydrogen-bond donors (Lipinski definition) is 1. The van der Waals surface area contributed by atoms with Crippen LogP contribution in [0.2, 0.25) is 0 Å². The number of thioether (sulfide) groups is 1. The summed E-state index contributed by atoms with van der Waals surface area (Å²) in [7, 11) is 0. The second kappa shape index (κ2) is 6.84. The van der Waals surface area contributed by atoms with Crippen LogP contribution in [0.15, 0.2) is 35.2 Å². The Morgan fingerprint density at radius 1 is 1.24 bits per heavy atom. The summed E-state index contributed by atoms with van der Waals surface area (Å²) in [6, 6.07) is 10.6. The molecule has 114 valence electrons. The maximum Gasteiger partial charge on any atom is 0.320 e. The Bertz CT molecular complexity index is 479. The van der Waals surface area contributed by atoms with Gasteiger partial charge in [0, 0.05) is 23.2 Å². The predicted octanol–water partition coefficient (Wildman–Crippen LogP) is 3.50. The smallest absolute Gasteiger partial charge is 0.320 e. The van der Waals surface area contributed by atoms with Gasteiger partial charge in [0.15, 0.2) is 0 Å². The average molecular weight is 305 g/mol. The highest BCUT2D eigenvalue weighted by atomic mass is 32.2. The zero-order chi connectivity index (χ0) is 14.7. The van der Waals surface area contributed by atoms with Crippen LogP contribution >= 0.6 is 11.8 Å². The highest BCUT2D eigenvalue weighted by Gasteiger charge is 2.44. The Kier molecular flexibility index (Phi) is 4.86. The maximum atomic E-state index is 11.5. The Balaban J connectivity index is 1.60. The van der Waals surface area contributed by atoms with Gasteiger partial charge in [-0.15, -0.1) is 11.8 Å². The van der Waals surface area contributed by atoms with Crippen molar-refractivity contribution in [3.8, 4) is 0 Å². The van der Waals surface area contributed by atoms with E-state index in [0.717, 1.165) is 18.7 Å². The van der Waals surface area contributed by atoms with Crippen molar-refractivity contribution in [3.63, 3.8) is 0 Å². The van der Waals surface area contributed by atoms with Gasteiger partial charge in [-0.3, -0.25) is 9.69 Å². The molecule has 3 unspecified atom stereocenters. The van der Waals surface area contributed by atoms with Gasteiger partial charge in [-0.25, -0.2) is 0 Å². The first kappa shape index (κ1) is 14.9. The third-order valence-corrected chi connectivity index (χ3v) is 5.86. The largest absolute Gasteiger partial charge is 0.480 e. The van der Waals surface area contributed by atoms with Crippen LogP contribution in [0, 0.1) is 5.92 Å². The predicted molar refractivity (Wildman–Crippen MR) is 85.7 cm³/mol. The van der Waals surface area contributed by atoms with Crippen molar-refractivity contribution in [2.75, 3.05) is 12.3 Å². The van der Waals surface area contributed by atoms with Crippen molar-refractivity contribution in [1.82, 2.24) is 4.90 Å². The SMILES string of the molecule is O=C(O)C1CC2CCCCC2N1CCSc1ccccc1. The number of hydrogen-bond acceptors (Lipinski definition) is 3. The zero-order valence-corrected chi connectivity index (χ0v) is 13.1. The molecule has 3 rings (SSSR count). The fourth-order valence-electron chi connectivity index (χ4n) is 3.90. The van der Waals surface area contributed by atoms with E-state index < -0.39 is 5.97 Å². The molecule has 1 saturated heterocycles. The van der Waals surface area contributed by atoms with Crippen molar-refractivity contribution in [2.24, 2.45) is 5.92 Å². The summed E-state index contributed by atoms with van der Waals surface area (Å²) in [5.41, 5.74) is 0. The zero-order valence-electron chi connectivity index (χ0n) is 12.3. The molecule has 0 radical (unpaired) electrons. The van der Waals surface area contributed by atoms with Gasteiger partial charge in [-0.2, -0.15) is 0 Å². The number of aliphatic carboxylic acids is 1. The van der Waals surface area contributed by atoms with Crippen LogP contribution in [0.5, 0.6) is 0 Å². The molecule has 1 aromatic rings. The van der Waals surface area contributed by atoms with Gasteiger partial charge in [0.2, 0.25) is 0 Å². The number of rotatable bonds is 5. The van der Waals surface area contributed by atoms with E-state index in [9.17, 15) is 9.90 Å². The summed E-state index contributed by atoms with van der Waals surface area (Å²) in [6.45, 7) is 0.887. The van der Waals surface area contributed by atoms with E-state index in [2.05, 4.69) is 29.2 Å². The Labute approximate surface area is 130 Å². The van der Waals surface area contributed by atoms with Crippen molar-refractivity contribution in [3.05, 3.63) is 30.3 Å². The molecular formula is C17H23NO2S. The first-order valence-corrected chi connectivity index (χ1v) is 8.90. The van der Waals surface area contributed by atoms with Gasteiger partial charge >= 0.3 is 5.97 Å². The summed E-state index contributed by atoms with van der Waals surface area (Å²) in [6.07, 6.45) is 5.80. The monoisotopic (exact) mass is 305 g/mol. The van der Waals surface area contributed by atoms with E-state index in [1.54, 1.807) is 0 Å². The molecule has 1 aromatic carbocycles. The lowest BCUT2D eigenvalue weighted by Crippen LogP contribution is -2.43. The fourth-order valence-corrected chi connectivity index (χ4v) is 4.79. The molecule has 0 amide bonds. The van der Waals surface area contributed by atoms with Crippen LogP contribution in [0.4, 0.5) is 0 Å². The summed E-state index contributed by atoms with van der Waals surface area (Å²) in [4.78, 5) is 15.1. The Morgan fingerprint density at radius 2 is 2.00 bits per heavy atom. The molecule has 2 fully saturated rings. The van der Waals surface area contributed by atoms with Crippen LogP contribution < -0.4 is 0 Å². The topological polar surface area (TPSA) is 40.5 Å². The molecular weight excluding hydrogens is 282 g/mol. The summed E-state index contributed by atoms with van der Waals surface area (Å²) in [5, 5.41) is 9.50. The van der Waals surface area contributed by atoms with Crippen LogP contribution in [0.1, 0.15) is 32.1 Å². The molecule has 0 spiro atoms. The number of fused-ring (bicyclic) bond motifs is 1. The van der Waals surface area contributed by atoms with Gasteiger partial charge in [-0.1, -0.05) is 31.0 Å². The highest BCUT2D eigenvalue weighted by Crippen LogP contribution is 2.39. The lowest BCUT2D eigenvalue weighted by molar-refractivity contribution is -0.142. The normalized spacial score (nSPS) is 29.2. The Morgan fingerprint density at radius 3 is 2.76 bits per heavy atom. The van der Waals surface area contributed by atoms with E-state index >= 15 is 0 Å². The first-order valence-electron chi connectivity index (χ1n) is 7.92. The van der Waals surface area contributed by atoms with Gasteiger partial charge in [0.25, 0.3) is 0 Å². The molecule has 1 saturated carbocycles. The summed E-state index contributed by atoms with van der Waals surface area (Å²) in [5.74, 6) is 0.951. The van der Waals surface area contributed by atoms with Gasteiger partial charge in [-0.05, 0) is 37.3 Å². The number of nitrogens with zero attached hydrogens (tertiary/aromatic N) is 1. The molecule has 1 N–H and O–H groups in total. The molecule has 1 aliphatic carbocycles. The average Bonchev–Trinajstić information content (AvgIpc) is 2.88. The standard InChI is InChI=1S/C17H23NO2S/c19-17(20)16-12-13-6-4-5-9-15(13)18(16)10-11-21-14-7-2-1-3-8-14/h1-3,7-8,13,15-16H,4-6,9-12H2,(H,19,20). The third kappa shape index (κ3) is 3.43. The quantitative estimate of drug-likeness (QED) is 0.845. The molecule has 1 heterocycles. The number of carboxylic acids is 1. The molecule has 1 aliphatic heterocycles. The molecule has 21 heavy (non-hydrogen) atoms. The number of carbonyl (C=O) groups is 1. The van der Waals surface area contributed by atoms with Gasteiger partial charge in [0.05, 0.1) is 0 Å². The minimum Gasteiger partial charge on any atom is -0.480 e. The van der Waals surface area contributed by atoms with E-state index in [0.29, 0.717) is 12.0 Å². The molecule has 0 bridgehead atoms. The van der Waals surface area contributed by atoms with E-state index in [1.807, 2.05) is 17.8 Å². The minimum absolute atomic E-state index is 0.255. The van der Waals surface area contributed by atoms with E-state index in [1.165, 1.54) is 30.6 Å². The van der Waals surface area contributed by atoms with E-state index in [-0.39, 0.29) is 6.04 Å². The molecule has 3 atom stereocenters. The van der Waals surface area contributed by atoms with Crippen LogP contribution in [0.3, 0.4) is 0 Å². The maximum absolute atomic E-state index is 11.5. The second-order valence-electron chi connectivity index (χ2n) is 6.10. The first-order chi connectivity index (χ1) is 10.3. The van der Waals surface area contributed by atoms with Gasteiger partial charge < -0.3 is 5.11 Å². The molecule has 0 aromatic heterocycles. The summed E-state index contributed by atoms with van der Waals surface area (Å²) < 4.78 is 0. The number of carboxylic acid groups (broad SMARTS) is 1. The van der Waals surface area contributed by atoms with Gasteiger partial charge in [0.1, 0.15) is 6.04 Å². The van der Waals surface area contributed by atoms with Crippen LogP contribution in [-0.4, -0.2) is 40.4 Å². The number of likely N-dealkylation sites (tertiary alicyclic amines) is 1. The van der Waals surface area contributed by atoms with E-state index in [4.69, 9.17) is 0 Å². The molecule has 2 aliphatic rings. The highest BCUT2D eigenvalue weighted by molar-refractivity contribution is 7.99. The molecule has 4 heteroatoms. The molecule has 3 nitrogen and oxygen atoms in total. The van der Waals surface area contributed by atoms with Crippen LogP contribution in [-0.2, 0) is 4.79 Å². The minimum atomic E-state index is -0.630. The van der Waals surface area contributed by atoms with Crippen molar-refractivity contribution < 1.29 is 9.90 Å². The van der Waals surface area contributed by atoms with Crippen molar-refractivity contribution in [1.29, 1.82) is 0 Å². The Hall–Kier alpha value is -1.00. The third-order valence-electron chi connectivity index (χ3n) is 4.87. The lowest BCUT2D eigenvalue weighted by atomic mass is 9.85. The number of benzene rings is 1. The second-order valence-corrected chi connectivity index (χ2v) is 7.27. The summed E-state index contributed by atoms with van der Waals surface area (Å²) >= 11 is 1.83. The lowest BCUT2D eigenvalue weighted by Gasteiger charge is -2.32. The van der Waals surface area contributed by atoms with Crippen molar-refractivity contribution in [2.45, 2.75) is 49.1 Å². The van der Waals surface area contributed by atoms with Crippen LogP contribution in [0.25, 0.3) is 0 Å².